The molecule has 5 rings (SSSR count). The maximum atomic E-state index is 13.6. The molecule has 0 aliphatic heterocycles. The van der Waals surface area contributed by atoms with Gasteiger partial charge in [-0.15, -0.1) is 0 Å². The van der Waals surface area contributed by atoms with E-state index in [-0.39, 0.29) is 23.9 Å². The average Bonchev–Trinajstić information content (AvgIpc) is 3.26. The van der Waals surface area contributed by atoms with E-state index < -0.39 is 11.5 Å². The van der Waals surface area contributed by atoms with Gasteiger partial charge in [0.25, 0.3) is 5.91 Å². The van der Waals surface area contributed by atoms with Crippen LogP contribution in [-0.2, 0) is 0 Å². The number of carbonyl (C=O) groups excluding carboxylic acids is 2. The van der Waals surface area contributed by atoms with Gasteiger partial charge in [-0.2, -0.15) is 0 Å². The Morgan fingerprint density at radius 1 is 0.875 bits per heavy atom. The molecule has 0 bridgehead atoms. The molecule has 2 aromatic heterocycles. The van der Waals surface area contributed by atoms with Crippen molar-refractivity contribution in [2.24, 2.45) is 0 Å². The lowest BCUT2D eigenvalue weighted by Crippen LogP contribution is -2.52. The van der Waals surface area contributed by atoms with Crippen LogP contribution < -0.4 is 10.9 Å². The van der Waals surface area contributed by atoms with E-state index in [9.17, 15) is 14.4 Å². The summed E-state index contributed by atoms with van der Waals surface area (Å²) >= 11 is 0. The molecule has 7 nitrogen and oxygen atoms in total. The van der Waals surface area contributed by atoms with E-state index in [4.69, 9.17) is 8.83 Å². The molecule has 3 aromatic rings. The van der Waals surface area contributed by atoms with Gasteiger partial charge in [0.15, 0.2) is 5.76 Å². The second-order valence-electron chi connectivity index (χ2n) is 9.01. The molecular formula is C25H28N2O5. The lowest BCUT2D eigenvalue weighted by molar-refractivity contribution is 0.0673. The first kappa shape index (κ1) is 20.8. The number of hydrogen-bond acceptors (Lipinski definition) is 5. The Balaban J connectivity index is 1.49. The summed E-state index contributed by atoms with van der Waals surface area (Å²) in [5.74, 6) is -0.351. The van der Waals surface area contributed by atoms with Crippen molar-refractivity contribution in [3.8, 4) is 0 Å². The number of hydrogen-bond donors (Lipinski definition) is 1. The number of nitrogens with zero attached hydrogens (tertiary/aromatic N) is 1. The normalized spacial score (nSPS) is 18.1. The quantitative estimate of drug-likeness (QED) is 0.558. The summed E-state index contributed by atoms with van der Waals surface area (Å²) in [5, 5.41) is 4.40. The largest absolute Gasteiger partial charge is 0.451 e. The minimum Gasteiger partial charge on any atom is -0.451 e. The molecule has 0 radical (unpaired) electrons. The molecule has 0 atom stereocenters. The van der Waals surface area contributed by atoms with Crippen molar-refractivity contribution in [1.82, 2.24) is 10.2 Å². The van der Waals surface area contributed by atoms with Crippen molar-refractivity contribution < 1.29 is 18.4 Å². The van der Waals surface area contributed by atoms with Crippen molar-refractivity contribution in [3.63, 3.8) is 0 Å². The van der Waals surface area contributed by atoms with Gasteiger partial charge in [0.05, 0.1) is 5.39 Å². The standard InChI is InChI=1S/C25H28N2O5/c28-22-14-12-16-11-13-20-19(23(16)32-22)15-21(31-20)24(29)27(18-9-5-2-6-10-18)25(30)26-17-7-3-1-4-8-17/h11-15,17-18H,1-10H2,(H,26,30). The molecule has 7 heteroatoms. The molecule has 2 fully saturated rings. The van der Waals surface area contributed by atoms with Crippen molar-refractivity contribution in [2.75, 3.05) is 0 Å². The number of carbonyl (C=O) groups is 2. The minimum absolute atomic E-state index is 0.0865. The molecule has 0 unspecified atom stereocenters. The molecule has 0 spiro atoms. The predicted octanol–water partition coefficient (Wildman–Crippen LogP) is 5.36. The van der Waals surface area contributed by atoms with E-state index in [1.54, 1.807) is 24.3 Å². The predicted molar refractivity (Wildman–Crippen MR) is 121 cm³/mol. The van der Waals surface area contributed by atoms with Crippen molar-refractivity contribution in [3.05, 3.63) is 46.5 Å². The van der Waals surface area contributed by atoms with E-state index in [1.807, 2.05) is 0 Å². The first-order valence-corrected chi connectivity index (χ1v) is 11.7. The Kier molecular flexibility index (Phi) is 5.72. The van der Waals surface area contributed by atoms with Crippen LogP contribution in [0.1, 0.15) is 74.8 Å². The van der Waals surface area contributed by atoms with Crippen molar-refractivity contribution >= 4 is 33.9 Å². The molecule has 1 N–H and O–H groups in total. The van der Waals surface area contributed by atoms with Crippen molar-refractivity contribution in [2.45, 2.75) is 76.3 Å². The smallest absolute Gasteiger partial charge is 0.336 e. The van der Waals surface area contributed by atoms with Gasteiger partial charge in [-0.1, -0.05) is 38.5 Å². The summed E-state index contributed by atoms with van der Waals surface area (Å²) in [6, 6.07) is 7.82. The molecule has 0 saturated heterocycles. The lowest BCUT2D eigenvalue weighted by atomic mass is 9.93. The third-order valence-corrected chi connectivity index (χ3v) is 6.80. The van der Waals surface area contributed by atoms with Gasteiger partial charge in [0, 0.05) is 29.6 Å². The van der Waals surface area contributed by atoms with Gasteiger partial charge in [-0.05, 0) is 43.9 Å². The van der Waals surface area contributed by atoms with Gasteiger partial charge >= 0.3 is 11.7 Å². The fourth-order valence-corrected chi connectivity index (χ4v) is 5.12. The second-order valence-corrected chi connectivity index (χ2v) is 9.01. The number of rotatable bonds is 3. The third kappa shape index (κ3) is 4.04. The first-order valence-electron chi connectivity index (χ1n) is 11.7. The molecule has 2 saturated carbocycles. The van der Waals surface area contributed by atoms with Crippen LogP contribution in [-0.4, -0.2) is 28.9 Å². The van der Waals surface area contributed by atoms with E-state index in [0.29, 0.717) is 16.6 Å². The van der Waals surface area contributed by atoms with Crippen LogP contribution in [0.25, 0.3) is 21.9 Å². The van der Waals surface area contributed by atoms with Crippen LogP contribution in [0.3, 0.4) is 0 Å². The molecule has 1 aromatic carbocycles. The Morgan fingerprint density at radius 2 is 1.56 bits per heavy atom. The fraction of sp³-hybridized carbons (Fsp3) is 0.480. The monoisotopic (exact) mass is 436 g/mol. The highest BCUT2D eigenvalue weighted by atomic mass is 16.4. The van der Waals surface area contributed by atoms with Crippen molar-refractivity contribution in [1.29, 1.82) is 0 Å². The summed E-state index contributed by atoms with van der Waals surface area (Å²) in [5.41, 5.74) is 0.370. The molecule has 2 aliphatic carbocycles. The zero-order chi connectivity index (χ0) is 22.1. The Morgan fingerprint density at radius 3 is 2.31 bits per heavy atom. The maximum Gasteiger partial charge on any atom is 0.336 e. The highest BCUT2D eigenvalue weighted by Gasteiger charge is 2.34. The summed E-state index contributed by atoms with van der Waals surface area (Å²) in [4.78, 5) is 40.0. The van der Waals surface area contributed by atoms with E-state index in [2.05, 4.69) is 5.32 Å². The maximum absolute atomic E-state index is 13.6. The summed E-state index contributed by atoms with van der Waals surface area (Å²) in [6.07, 6.45) is 10.0. The van der Waals surface area contributed by atoms with Crippen LogP contribution in [0.5, 0.6) is 0 Å². The fourth-order valence-electron chi connectivity index (χ4n) is 5.12. The Hall–Kier alpha value is -3.09. The molecule has 2 heterocycles. The summed E-state index contributed by atoms with van der Waals surface area (Å²) in [7, 11) is 0. The molecular weight excluding hydrogens is 408 g/mol. The van der Waals surface area contributed by atoms with Gasteiger partial charge in [0.2, 0.25) is 0 Å². The van der Waals surface area contributed by atoms with Gasteiger partial charge in [-0.3, -0.25) is 9.69 Å². The molecule has 32 heavy (non-hydrogen) atoms. The third-order valence-electron chi connectivity index (χ3n) is 6.80. The lowest BCUT2D eigenvalue weighted by Gasteiger charge is -2.34. The number of furan rings is 1. The van der Waals surface area contributed by atoms with E-state index in [0.717, 1.165) is 63.2 Å². The topological polar surface area (TPSA) is 92.8 Å². The summed E-state index contributed by atoms with van der Waals surface area (Å²) in [6.45, 7) is 0. The molecule has 2 aliphatic rings. The number of imide groups is 1. The Labute approximate surface area is 185 Å². The van der Waals surface area contributed by atoms with Gasteiger partial charge in [-0.25, -0.2) is 9.59 Å². The second kappa shape index (κ2) is 8.81. The number of amides is 3. The number of nitrogens with one attached hydrogen (secondary N) is 1. The van der Waals surface area contributed by atoms with E-state index >= 15 is 0 Å². The highest BCUT2D eigenvalue weighted by Crippen LogP contribution is 2.30. The zero-order valence-corrected chi connectivity index (χ0v) is 18.1. The van der Waals surface area contributed by atoms with Crippen LogP contribution in [0.4, 0.5) is 4.79 Å². The molecule has 168 valence electrons. The SMILES string of the molecule is O=C(NC1CCCCC1)N(C(=O)c1cc2c(ccc3ccc(=O)oc32)o1)C1CCCCC1. The average molecular weight is 437 g/mol. The van der Waals surface area contributed by atoms with Crippen LogP contribution in [0.15, 0.2) is 44.0 Å². The highest BCUT2D eigenvalue weighted by molar-refractivity contribution is 6.08. The van der Waals surface area contributed by atoms with Gasteiger partial charge < -0.3 is 14.2 Å². The van der Waals surface area contributed by atoms with E-state index in [1.165, 1.54) is 17.4 Å². The van der Waals surface area contributed by atoms with Crippen LogP contribution in [0, 0.1) is 0 Å². The molecule has 3 amide bonds. The van der Waals surface area contributed by atoms with Gasteiger partial charge in [0.1, 0.15) is 11.2 Å². The number of urea groups is 1. The van der Waals surface area contributed by atoms with Crippen LogP contribution in [0.2, 0.25) is 0 Å². The zero-order valence-electron chi connectivity index (χ0n) is 18.1. The minimum atomic E-state index is -0.463. The van der Waals surface area contributed by atoms with Crippen LogP contribution >= 0.6 is 0 Å². The Bertz CT molecular complexity index is 1200. The number of benzene rings is 1. The first-order chi connectivity index (χ1) is 15.6. The number of fused-ring (bicyclic) bond motifs is 3. The summed E-state index contributed by atoms with van der Waals surface area (Å²) < 4.78 is 11.2.